The maximum atomic E-state index is 11.8. The van der Waals surface area contributed by atoms with Crippen LogP contribution in [0.25, 0.3) is 10.8 Å². The number of hydrogen-bond donors (Lipinski definition) is 3. The first-order chi connectivity index (χ1) is 7.75. The highest BCUT2D eigenvalue weighted by Crippen LogP contribution is 2.27. The average molecular weight is 215 g/mol. The third kappa shape index (κ3) is 1.23. The summed E-state index contributed by atoms with van der Waals surface area (Å²) in [5, 5.41) is 11.6. The van der Waals surface area contributed by atoms with Gasteiger partial charge in [0.05, 0.1) is 11.3 Å². The molecule has 1 amide bonds. The lowest BCUT2D eigenvalue weighted by atomic mass is 10.0. The molecular formula is C11H9N3O2. The van der Waals surface area contributed by atoms with Crippen LogP contribution in [-0.4, -0.2) is 16.4 Å². The highest BCUT2D eigenvalue weighted by Gasteiger charge is 2.22. The Balaban J connectivity index is 2.33. The first-order valence-corrected chi connectivity index (χ1v) is 4.84. The molecule has 80 valence electrons. The molecule has 16 heavy (non-hydrogen) atoms. The predicted molar refractivity (Wildman–Crippen MR) is 58.7 cm³/mol. The number of benzene rings is 2. The number of anilines is 1. The molecule has 0 radical (unpaired) electrons. The molecule has 0 spiro atoms. The average Bonchev–Trinajstić information content (AvgIpc) is 2.28. The molecule has 2 aromatic carbocycles. The summed E-state index contributed by atoms with van der Waals surface area (Å²) >= 11 is 0. The minimum Gasteiger partial charge on any atom is -0.277 e. The third-order valence-corrected chi connectivity index (χ3v) is 2.59. The Hall–Kier alpha value is -2.11. The number of nitrogens with zero attached hydrogens (tertiary/aromatic N) is 1. The van der Waals surface area contributed by atoms with Gasteiger partial charge in [0.1, 0.15) is 0 Å². The molecule has 0 fully saturated rings. The van der Waals surface area contributed by atoms with Crippen molar-refractivity contribution in [3.8, 4) is 0 Å². The van der Waals surface area contributed by atoms with Crippen molar-refractivity contribution in [3.63, 3.8) is 0 Å². The summed E-state index contributed by atoms with van der Waals surface area (Å²) < 4.78 is 0. The van der Waals surface area contributed by atoms with Gasteiger partial charge in [0, 0.05) is 0 Å². The van der Waals surface area contributed by atoms with Crippen molar-refractivity contribution >= 4 is 22.4 Å². The molecule has 0 bridgehead atoms. The van der Waals surface area contributed by atoms with Gasteiger partial charge in [-0.25, -0.2) is 5.43 Å². The van der Waals surface area contributed by atoms with Gasteiger partial charge in [-0.2, -0.15) is 0 Å². The summed E-state index contributed by atoms with van der Waals surface area (Å²) in [5.41, 5.74) is 6.04. The quantitative estimate of drug-likeness (QED) is 0.623. The van der Waals surface area contributed by atoms with E-state index < -0.39 is 0 Å². The highest BCUT2D eigenvalue weighted by atomic mass is 16.6. The molecule has 0 aliphatic carbocycles. The Labute approximate surface area is 91.2 Å². The number of hydrazine groups is 2. The van der Waals surface area contributed by atoms with E-state index >= 15 is 0 Å². The Morgan fingerprint density at radius 3 is 2.75 bits per heavy atom. The minimum atomic E-state index is -0.326. The fourth-order valence-electron chi connectivity index (χ4n) is 1.90. The molecule has 0 saturated heterocycles. The van der Waals surface area contributed by atoms with E-state index in [2.05, 4.69) is 10.9 Å². The second-order valence-corrected chi connectivity index (χ2v) is 3.57. The number of rotatable bonds is 0. The van der Waals surface area contributed by atoms with Crippen LogP contribution in [0.4, 0.5) is 5.69 Å². The Bertz CT molecular complexity index is 582. The van der Waals surface area contributed by atoms with Crippen molar-refractivity contribution in [2.24, 2.45) is 0 Å². The SMILES string of the molecule is O=C1NN(O)Nc2ccc3ccccc3c21. The Morgan fingerprint density at radius 1 is 1.06 bits per heavy atom. The van der Waals surface area contributed by atoms with Crippen LogP contribution in [0.3, 0.4) is 0 Å². The zero-order chi connectivity index (χ0) is 11.1. The minimum absolute atomic E-state index is 0.326. The summed E-state index contributed by atoms with van der Waals surface area (Å²) in [5.74, 6) is -0.326. The van der Waals surface area contributed by atoms with Gasteiger partial charge in [0.15, 0.2) is 0 Å². The summed E-state index contributed by atoms with van der Waals surface area (Å²) in [4.78, 5) is 11.8. The number of hydrogen-bond acceptors (Lipinski definition) is 4. The Morgan fingerprint density at radius 2 is 1.88 bits per heavy atom. The molecule has 2 aromatic rings. The van der Waals surface area contributed by atoms with Gasteiger partial charge >= 0.3 is 0 Å². The van der Waals surface area contributed by atoms with E-state index in [9.17, 15) is 10.0 Å². The van der Waals surface area contributed by atoms with Gasteiger partial charge in [-0.05, 0) is 22.1 Å². The molecule has 1 heterocycles. The molecule has 3 N–H and O–H groups in total. The molecule has 5 nitrogen and oxygen atoms in total. The van der Waals surface area contributed by atoms with Crippen molar-refractivity contribution in [2.75, 3.05) is 5.43 Å². The van der Waals surface area contributed by atoms with Gasteiger partial charge < -0.3 is 0 Å². The standard InChI is InChI=1S/C11H9N3O2/c15-11-10-8-4-2-1-3-7(8)5-6-9(10)12-14(16)13-11/h1-6,12,16H,(H,13,15). The van der Waals surface area contributed by atoms with Crippen molar-refractivity contribution in [3.05, 3.63) is 42.0 Å². The van der Waals surface area contributed by atoms with Crippen LogP contribution < -0.4 is 10.9 Å². The van der Waals surface area contributed by atoms with E-state index in [1.54, 1.807) is 6.07 Å². The maximum Gasteiger partial charge on any atom is 0.271 e. The van der Waals surface area contributed by atoms with Gasteiger partial charge in [0.2, 0.25) is 0 Å². The first kappa shape index (κ1) is 9.14. The molecule has 0 saturated carbocycles. The van der Waals surface area contributed by atoms with E-state index in [1.165, 1.54) is 0 Å². The Kier molecular flexibility index (Phi) is 1.82. The van der Waals surface area contributed by atoms with Crippen molar-refractivity contribution in [1.29, 1.82) is 0 Å². The normalized spacial score (nSPS) is 15.4. The molecule has 0 unspecified atom stereocenters. The lowest BCUT2D eigenvalue weighted by molar-refractivity contribution is -0.104. The van der Waals surface area contributed by atoms with Crippen molar-refractivity contribution in [2.45, 2.75) is 0 Å². The fourth-order valence-corrected chi connectivity index (χ4v) is 1.90. The van der Waals surface area contributed by atoms with Gasteiger partial charge in [-0.3, -0.25) is 15.4 Å². The molecular weight excluding hydrogens is 206 g/mol. The lowest BCUT2D eigenvalue weighted by Gasteiger charge is -2.25. The first-order valence-electron chi connectivity index (χ1n) is 4.84. The van der Waals surface area contributed by atoms with Crippen molar-refractivity contribution < 1.29 is 10.0 Å². The second kappa shape index (κ2) is 3.19. The molecule has 5 heteroatoms. The molecule has 1 aliphatic rings. The van der Waals surface area contributed by atoms with E-state index in [0.29, 0.717) is 16.5 Å². The zero-order valence-electron chi connectivity index (χ0n) is 8.27. The third-order valence-electron chi connectivity index (χ3n) is 2.59. The van der Waals surface area contributed by atoms with Crippen LogP contribution in [0, 0.1) is 0 Å². The van der Waals surface area contributed by atoms with Crippen LogP contribution in [0.1, 0.15) is 10.4 Å². The smallest absolute Gasteiger partial charge is 0.271 e. The van der Waals surface area contributed by atoms with Crippen molar-refractivity contribution in [1.82, 2.24) is 10.7 Å². The van der Waals surface area contributed by atoms with E-state index in [4.69, 9.17) is 0 Å². The number of carbonyl (C=O) groups excluding carboxylic acids is 1. The summed E-state index contributed by atoms with van der Waals surface area (Å²) in [6, 6.07) is 11.3. The molecule has 0 atom stereocenters. The van der Waals surface area contributed by atoms with E-state index in [1.807, 2.05) is 30.3 Å². The topological polar surface area (TPSA) is 64.6 Å². The van der Waals surface area contributed by atoms with Crippen LogP contribution in [0.15, 0.2) is 36.4 Å². The lowest BCUT2D eigenvalue weighted by Crippen LogP contribution is -2.47. The number of fused-ring (bicyclic) bond motifs is 3. The monoisotopic (exact) mass is 215 g/mol. The van der Waals surface area contributed by atoms with Crippen LogP contribution in [0.2, 0.25) is 0 Å². The highest BCUT2D eigenvalue weighted by molar-refractivity contribution is 6.12. The molecule has 3 rings (SSSR count). The molecule has 0 aromatic heterocycles. The predicted octanol–water partition coefficient (Wildman–Crippen LogP) is 1.52. The number of amides is 1. The summed E-state index contributed by atoms with van der Waals surface area (Å²) in [6.45, 7) is 0. The largest absolute Gasteiger partial charge is 0.277 e. The van der Waals surface area contributed by atoms with Crippen LogP contribution in [-0.2, 0) is 0 Å². The van der Waals surface area contributed by atoms with Gasteiger partial charge in [0.25, 0.3) is 5.91 Å². The molecule has 1 aliphatic heterocycles. The number of carbonyl (C=O) groups is 1. The fraction of sp³-hybridized carbons (Fsp3) is 0. The van der Waals surface area contributed by atoms with Gasteiger partial charge in [-0.1, -0.05) is 30.3 Å². The zero-order valence-corrected chi connectivity index (χ0v) is 8.27. The summed E-state index contributed by atoms with van der Waals surface area (Å²) in [7, 11) is 0. The summed E-state index contributed by atoms with van der Waals surface area (Å²) in [6.07, 6.45) is 0. The van der Waals surface area contributed by atoms with E-state index in [0.717, 1.165) is 10.8 Å². The van der Waals surface area contributed by atoms with Gasteiger partial charge in [-0.15, -0.1) is 0 Å². The van der Waals surface area contributed by atoms with Crippen LogP contribution >= 0.6 is 0 Å². The van der Waals surface area contributed by atoms with Crippen LogP contribution in [0.5, 0.6) is 0 Å². The number of nitrogens with one attached hydrogen (secondary N) is 2. The van der Waals surface area contributed by atoms with E-state index in [-0.39, 0.29) is 5.91 Å². The maximum absolute atomic E-state index is 11.8. The second-order valence-electron chi connectivity index (χ2n) is 3.57.